The van der Waals surface area contributed by atoms with Crippen LogP contribution < -0.4 is 0 Å². The predicted molar refractivity (Wildman–Crippen MR) is 70.3 cm³/mol. The highest BCUT2D eigenvalue weighted by Crippen LogP contribution is 2.33. The predicted octanol–water partition coefficient (Wildman–Crippen LogP) is 0.718. The van der Waals surface area contributed by atoms with E-state index in [4.69, 9.17) is 12.2 Å². The summed E-state index contributed by atoms with van der Waals surface area (Å²) in [5.41, 5.74) is -0.896. The van der Waals surface area contributed by atoms with Gasteiger partial charge in [-0.1, -0.05) is 26.1 Å². The fourth-order valence-electron chi connectivity index (χ4n) is 1.23. The molecule has 0 aromatic rings. The van der Waals surface area contributed by atoms with E-state index in [0.29, 0.717) is 5.75 Å². The third-order valence-corrected chi connectivity index (χ3v) is 3.70. The Morgan fingerprint density at radius 2 is 2.00 bits per heavy atom. The number of hydrogen-bond acceptors (Lipinski definition) is 5. The number of nitrogens with zero attached hydrogens (tertiary/aromatic N) is 1. The number of thiocarbonyl (C=S) groups is 1. The van der Waals surface area contributed by atoms with E-state index in [1.165, 1.54) is 21.4 Å². The van der Waals surface area contributed by atoms with Gasteiger partial charge in [0.2, 0.25) is 5.91 Å². The first-order valence-corrected chi connectivity index (χ1v) is 6.39. The molecule has 0 rings (SSSR count). The average Bonchev–Trinajstić information content (AvgIpc) is 2.17. The number of carbonyl (C=O) groups is 1. The zero-order valence-electron chi connectivity index (χ0n) is 10.0. The molecule has 94 valence electrons. The maximum Gasteiger partial charge on any atom is 0.226 e. The summed E-state index contributed by atoms with van der Waals surface area (Å²) in [5.74, 6) is -0.153. The van der Waals surface area contributed by atoms with Crippen molar-refractivity contribution in [1.29, 1.82) is 0 Å². The second kappa shape index (κ2) is 6.54. The molecule has 0 bridgehead atoms. The molecule has 0 aromatic carbocycles. The fraction of sp³-hybridized carbons (Fsp3) is 0.800. The number of aliphatic hydroxyl groups excluding tert-OH is 1. The fourth-order valence-corrected chi connectivity index (χ4v) is 2.31. The van der Waals surface area contributed by atoms with E-state index in [-0.39, 0.29) is 5.91 Å². The van der Waals surface area contributed by atoms with Gasteiger partial charge in [-0.25, -0.2) is 0 Å². The van der Waals surface area contributed by atoms with Crippen molar-refractivity contribution in [2.24, 2.45) is 11.3 Å². The van der Waals surface area contributed by atoms with Gasteiger partial charge in [0.25, 0.3) is 0 Å². The quantitative estimate of drug-likeness (QED) is 0.547. The number of carbonyl (C=O) groups excluding carboxylic acids is 1. The zero-order chi connectivity index (χ0) is 12.9. The number of hydrogen-bond donors (Lipinski definition) is 2. The van der Waals surface area contributed by atoms with E-state index in [0.717, 1.165) is 0 Å². The molecule has 0 aliphatic carbocycles. The molecule has 0 aromatic heterocycles. The highest BCUT2D eigenvalue weighted by atomic mass is 32.2. The third kappa shape index (κ3) is 4.01. The molecular formula is C10H19NO3S2. The van der Waals surface area contributed by atoms with Crippen LogP contribution in [-0.4, -0.2) is 51.9 Å². The summed E-state index contributed by atoms with van der Waals surface area (Å²) in [6.07, 6.45) is -1.54. The Bertz CT molecular complexity index is 254. The summed E-state index contributed by atoms with van der Waals surface area (Å²) in [4.78, 5) is 13.4. The van der Waals surface area contributed by atoms with Crippen molar-refractivity contribution in [1.82, 2.24) is 4.90 Å². The first kappa shape index (κ1) is 15.8. The van der Waals surface area contributed by atoms with Crippen LogP contribution in [0.1, 0.15) is 13.8 Å². The smallest absolute Gasteiger partial charge is 0.226 e. The van der Waals surface area contributed by atoms with Crippen LogP contribution in [0.3, 0.4) is 0 Å². The van der Waals surface area contributed by atoms with Crippen LogP contribution in [-0.2, 0) is 4.79 Å². The number of thioether (sulfide) groups is 1. The summed E-state index contributed by atoms with van der Waals surface area (Å²) < 4.78 is 1.48. The van der Waals surface area contributed by atoms with Crippen LogP contribution in [0.4, 0.5) is 0 Å². The second-order valence-electron chi connectivity index (χ2n) is 4.41. The summed E-state index contributed by atoms with van der Waals surface area (Å²) >= 11 is 6.03. The van der Waals surface area contributed by atoms with Crippen molar-refractivity contribution in [2.45, 2.75) is 20.1 Å². The lowest BCUT2D eigenvalue weighted by molar-refractivity contribution is -0.161. The largest absolute Gasteiger partial charge is 0.368 e. The molecule has 0 fully saturated rings. The molecule has 4 nitrogen and oxygen atoms in total. The Balaban J connectivity index is 4.92. The molecule has 0 saturated carbocycles. The summed E-state index contributed by atoms with van der Waals surface area (Å²) in [6, 6.07) is 0. The van der Waals surface area contributed by atoms with Gasteiger partial charge in [0, 0.05) is 30.0 Å². The molecule has 16 heavy (non-hydrogen) atoms. The minimum Gasteiger partial charge on any atom is -0.368 e. The summed E-state index contributed by atoms with van der Waals surface area (Å²) in [7, 11) is 3.30. The van der Waals surface area contributed by atoms with E-state index in [2.05, 4.69) is 0 Å². The first-order valence-electron chi connectivity index (χ1n) is 4.87. The van der Waals surface area contributed by atoms with Gasteiger partial charge in [0.1, 0.15) is 0 Å². The lowest BCUT2D eigenvalue weighted by Gasteiger charge is -2.35. The topological polar surface area (TPSA) is 60.8 Å². The van der Waals surface area contributed by atoms with Crippen molar-refractivity contribution >= 4 is 34.6 Å². The molecule has 0 aliphatic rings. The minimum absolute atomic E-state index is 0.123. The lowest BCUT2D eigenvalue weighted by Crippen LogP contribution is -2.46. The van der Waals surface area contributed by atoms with Gasteiger partial charge in [-0.15, -0.1) is 11.8 Å². The normalized spacial score (nSPS) is 13.7. The van der Waals surface area contributed by atoms with Crippen LogP contribution in [0.5, 0.6) is 0 Å². The number of aliphatic hydroxyl groups is 2. The third-order valence-electron chi connectivity index (χ3n) is 2.63. The van der Waals surface area contributed by atoms with Gasteiger partial charge in [-0.2, -0.15) is 0 Å². The van der Waals surface area contributed by atoms with Crippen molar-refractivity contribution in [2.75, 3.05) is 19.8 Å². The monoisotopic (exact) mass is 265 g/mol. The number of amides is 1. The summed E-state index contributed by atoms with van der Waals surface area (Å²) in [6.45, 7) is 3.32. The Hall–Kier alpha value is -0.170. The minimum atomic E-state index is -1.54. The van der Waals surface area contributed by atoms with Crippen LogP contribution in [0.25, 0.3) is 0 Å². The van der Waals surface area contributed by atoms with Gasteiger partial charge in [0.05, 0.1) is 5.92 Å². The van der Waals surface area contributed by atoms with Gasteiger partial charge >= 0.3 is 0 Å². The van der Waals surface area contributed by atoms with E-state index >= 15 is 0 Å². The molecule has 1 atom stereocenters. The highest BCUT2D eigenvalue weighted by Gasteiger charge is 2.40. The van der Waals surface area contributed by atoms with Crippen molar-refractivity contribution < 1.29 is 15.0 Å². The van der Waals surface area contributed by atoms with Gasteiger partial charge in [-0.05, 0) is 0 Å². The van der Waals surface area contributed by atoms with Gasteiger partial charge in [-0.3, -0.25) is 4.79 Å². The maximum absolute atomic E-state index is 11.9. The molecule has 0 aliphatic heterocycles. The SMILES string of the molecule is CN(C)C(=O)C(CSC=S)C(C)(C)C(O)O. The van der Waals surface area contributed by atoms with Gasteiger partial charge in [0.15, 0.2) is 6.29 Å². The standard InChI is InChI=1S/C10H19NO3S2/c1-10(2,9(13)14)7(5-16-6-15)8(12)11(3)4/h6-7,9,13-14H,5H2,1-4H3. The zero-order valence-corrected chi connectivity index (χ0v) is 11.6. The summed E-state index contributed by atoms with van der Waals surface area (Å²) in [5, 5.41) is 18.6. The van der Waals surface area contributed by atoms with E-state index < -0.39 is 17.6 Å². The average molecular weight is 265 g/mol. The molecular weight excluding hydrogens is 246 g/mol. The Morgan fingerprint density at radius 1 is 1.50 bits per heavy atom. The molecule has 1 unspecified atom stereocenters. The Labute approximate surface area is 106 Å². The van der Waals surface area contributed by atoms with Crippen LogP contribution in [0.2, 0.25) is 0 Å². The Kier molecular flexibility index (Phi) is 6.47. The maximum atomic E-state index is 11.9. The van der Waals surface area contributed by atoms with Gasteiger partial charge < -0.3 is 15.1 Å². The van der Waals surface area contributed by atoms with Crippen molar-refractivity contribution in [3.05, 3.63) is 0 Å². The molecule has 0 heterocycles. The Morgan fingerprint density at radius 3 is 2.31 bits per heavy atom. The van der Waals surface area contributed by atoms with E-state index in [1.807, 2.05) is 0 Å². The molecule has 1 amide bonds. The first-order chi connectivity index (χ1) is 7.25. The molecule has 0 saturated heterocycles. The molecule has 6 heteroatoms. The van der Waals surface area contributed by atoms with Crippen LogP contribution in [0, 0.1) is 11.3 Å². The lowest BCUT2D eigenvalue weighted by atomic mass is 9.78. The molecule has 2 N–H and O–H groups in total. The van der Waals surface area contributed by atoms with E-state index in [1.54, 1.807) is 27.9 Å². The second-order valence-corrected chi connectivity index (χ2v) is 5.85. The highest BCUT2D eigenvalue weighted by molar-refractivity contribution is 8.20. The van der Waals surface area contributed by atoms with Crippen molar-refractivity contribution in [3.63, 3.8) is 0 Å². The van der Waals surface area contributed by atoms with Crippen LogP contribution in [0.15, 0.2) is 0 Å². The van der Waals surface area contributed by atoms with Crippen LogP contribution >= 0.6 is 24.0 Å². The number of rotatable bonds is 6. The molecule has 0 radical (unpaired) electrons. The van der Waals surface area contributed by atoms with Crippen molar-refractivity contribution in [3.8, 4) is 0 Å². The van der Waals surface area contributed by atoms with E-state index in [9.17, 15) is 15.0 Å². The molecule has 0 spiro atoms.